The molecule has 0 aromatic heterocycles. The number of carbonyl (C=O) groups is 2. The zero-order valence-electron chi connectivity index (χ0n) is 11.4. The molecule has 0 aliphatic heterocycles. The minimum Gasteiger partial charge on any atom is -0.351 e. The summed E-state index contributed by atoms with van der Waals surface area (Å²) in [5.74, 6) is -16.5. The van der Waals surface area contributed by atoms with Gasteiger partial charge in [-0.25, -0.2) is 0 Å². The maximum Gasteiger partial charge on any atom is 0.463 e. The summed E-state index contributed by atoms with van der Waals surface area (Å²) < 4.78 is 121. The zero-order chi connectivity index (χ0) is 19.4. The van der Waals surface area contributed by atoms with Gasteiger partial charge in [-0.05, 0) is 12.8 Å². The van der Waals surface area contributed by atoms with Crippen LogP contribution in [0.15, 0.2) is 0 Å². The van der Waals surface area contributed by atoms with Gasteiger partial charge in [0.05, 0.1) is 0 Å². The van der Waals surface area contributed by atoms with E-state index in [0.717, 1.165) is 0 Å². The number of unbranched alkanes of at least 4 members (excludes halogenated alkanes) is 1. The lowest BCUT2D eigenvalue weighted by molar-refractivity contribution is -0.270. The summed E-state index contributed by atoms with van der Waals surface area (Å²) >= 11 is 0. The molecule has 0 unspecified atom stereocenters. The summed E-state index contributed by atoms with van der Waals surface area (Å²) in [6, 6.07) is 0. The molecule has 0 bridgehead atoms. The van der Waals surface area contributed by atoms with Gasteiger partial charge in [0.25, 0.3) is 11.8 Å². The molecule has 0 saturated heterocycles. The minimum atomic E-state index is -6.10. The van der Waals surface area contributed by atoms with Crippen LogP contribution in [0.2, 0.25) is 0 Å². The highest BCUT2D eigenvalue weighted by Crippen LogP contribution is 2.36. The van der Waals surface area contributed by atoms with Gasteiger partial charge in [0.15, 0.2) is 0 Å². The van der Waals surface area contributed by atoms with Gasteiger partial charge in [-0.15, -0.1) is 0 Å². The van der Waals surface area contributed by atoms with E-state index in [-0.39, 0.29) is 12.8 Å². The Bertz CT molecular complexity index is 416. The molecular weight excluding hydrogens is 370 g/mol. The summed E-state index contributed by atoms with van der Waals surface area (Å²) in [6.07, 6.45) is -12.9. The van der Waals surface area contributed by atoms with Crippen molar-refractivity contribution in [2.24, 2.45) is 0 Å². The van der Waals surface area contributed by atoms with Gasteiger partial charge in [-0.1, -0.05) is 0 Å². The Morgan fingerprint density at radius 1 is 0.583 bits per heavy atom. The van der Waals surface area contributed by atoms with E-state index < -0.39 is 49.1 Å². The standard InChI is InChI=1S/C10H10F10N2O2/c11-7(12,9(15,16)17)5(23)21-3-1-2-4-22-6(24)8(13,14)10(18,19)20/h1-4H2,(H,21,23)(H,22,24). The summed E-state index contributed by atoms with van der Waals surface area (Å²) in [6.45, 7) is -1.48. The number of amides is 2. The first kappa shape index (κ1) is 22.2. The van der Waals surface area contributed by atoms with Crippen LogP contribution in [0, 0.1) is 0 Å². The maximum absolute atomic E-state index is 12.5. The second kappa shape index (κ2) is 7.42. The van der Waals surface area contributed by atoms with Crippen LogP contribution in [0.1, 0.15) is 12.8 Å². The van der Waals surface area contributed by atoms with Gasteiger partial charge in [-0.2, -0.15) is 43.9 Å². The molecule has 14 heteroatoms. The van der Waals surface area contributed by atoms with Crippen LogP contribution in [-0.4, -0.2) is 49.1 Å². The Labute approximate surface area is 127 Å². The third kappa shape index (κ3) is 5.40. The van der Waals surface area contributed by atoms with E-state index in [1.807, 2.05) is 0 Å². The summed E-state index contributed by atoms with van der Waals surface area (Å²) in [7, 11) is 0. The number of nitrogens with one attached hydrogen (secondary N) is 2. The average molecular weight is 380 g/mol. The predicted molar refractivity (Wildman–Crippen MR) is 57.3 cm³/mol. The fourth-order valence-corrected chi connectivity index (χ4v) is 1.13. The molecule has 0 aromatic carbocycles. The molecule has 0 aliphatic carbocycles. The van der Waals surface area contributed by atoms with Crippen LogP contribution in [-0.2, 0) is 9.59 Å². The van der Waals surface area contributed by atoms with Gasteiger partial charge in [0, 0.05) is 13.1 Å². The maximum atomic E-state index is 12.5. The Morgan fingerprint density at radius 2 is 0.833 bits per heavy atom. The Kier molecular flexibility index (Phi) is 6.88. The lowest BCUT2D eigenvalue weighted by atomic mass is 10.2. The van der Waals surface area contributed by atoms with Crippen molar-refractivity contribution in [2.75, 3.05) is 13.1 Å². The molecule has 142 valence electrons. The number of hydrogen-bond donors (Lipinski definition) is 2. The fraction of sp³-hybridized carbons (Fsp3) is 0.800. The molecule has 0 radical (unpaired) electrons. The lowest BCUT2D eigenvalue weighted by Crippen LogP contribution is -2.51. The molecular formula is C10H10F10N2O2. The molecule has 0 spiro atoms. The molecule has 0 aliphatic rings. The van der Waals surface area contributed by atoms with E-state index in [4.69, 9.17) is 0 Å². The van der Waals surface area contributed by atoms with Crippen molar-refractivity contribution in [3.8, 4) is 0 Å². The summed E-state index contributed by atoms with van der Waals surface area (Å²) in [4.78, 5) is 21.2. The first-order valence-electron chi connectivity index (χ1n) is 6.01. The van der Waals surface area contributed by atoms with E-state index >= 15 is 0 Å². The van der Waals surface area contributed by atoms with Crippen molar-refractivity contribution in [3.05, 3.63) is 0 Å². The van der Waals surface area contributed by atoms with Gasteiger partial charge in [0.2, 0.25) is 0 Å². The van der Waals surface area contributed by atoms with Gasteiger partial charge >= 0.3 is 24.2 Å². The molecule has 0 heterocycles. The SMILES string of the molecule is O=C(NCCCCNC(=O)C(F)(F)C(F)(F)F)C(F)(F)C(F)(F)F. The highest BCUT2D eigenvalue weighted by Gasteiger charge is 2.64. The number of rotatable bonds is 7. The smallest absolute Gasteiger partial charge is 0.351 e. The van der Waals surface area contributed by atoms with E-state index in [0.29, 0.717) is 0 Å². The van der Waals surface area contributed by atoms with Gasteiger partial charge < -0.3 is 10.6 Å². The third-order valence-electron chi connectivity index (χ3n) is 2.46. The van der Waals surface area contributed by atoms with Crippen molar-refractivity contribution in [2.45, 2.75) is 37.0 Å². The van der Waals surface area contributed by atoms with E-state index in [2.05, 4.69) is 0 Å². The van der Waals surface area contributed by atoms with Crippen LogP contribution in [0.5, 0.6) is 0 Å². The zero-order valence-corrected chi connectivity index (χ0v) is 11.4. The fourth-order valence-electron chi connectivity index (χ4n) is 1.13. The van der Waals surface area contributed by atoms with Crippen LogP contribution < -0.4 is 10.6 Å². The van der Waals surface area contributed by atoms with E-state index in [1.54, 1.807) is 0 Å². The molecule has 0 fully saturated rings. The van der Waals surface area contributed by atoms with Crippen molar-refractivity contribution < 1.29 is 53.5 Å². The predicted octanol–water partition coefficient (Wildman–Crippen LogP) is 2.39. The Balaban J connectivity index is 4.14. The van der Waals surface area contributed by atoms with Crippen molar-refractivity contribution >= 4 is 11.8 Å². The highest BCUT2D eigenvalue weighted by atomic mass is 19.4. The van der Waals surface area contributed by atoms with Gasteiger partial charge in [-0.3, -0.25) is 9.59 Å². The lowest BCUT2D eigenvalue weighted by Gasteiger charge is -2.19. The molecule has 2 N–H and O–H groups in total. The molecule has 24 heavy (non-hydrogen) atoms. The topological polar surface area (TPSA) is 58.2 Å². The summed E-state index contributed by atoms with van der Waals surface area (Å²) in [5, 5.41) is 2.44. The number of halogens is 10. The highest BCUT2D eigenvalue weighted by molar-refractivity contribution is 5.84. The molecule has 2 amide bonds. The van der Waals surface area contributed by atoms with Crippen molar-refractivity contribution in [1.82, 2.24) is 10.6 Å². The van der Waals surface area contributed by atoms with Crippen LogP contribution in [0.3, 0.4) is 0 Å². The largest absolute Gasteiger partial charge is 0.463 e. The molecule has 0 aromatic rings. The second-order valence-corrected chi connectivity index (χ2v) is 4.36. The van der Waals surface area contributed by atoms with E-state index in [9.17, 15) is 53.5 Å². The first-order valence-corrected chi connectivity index (χ1v) is 6.01. The molecule has 0 atom stereocenters. The Hall–Kier alpha value is -1.76. The normalized spacial score (nSPS) is 13.6. The second-order valence-electron chi connectivity index (χ2n) is 4.36. The molecule has 4 nitrogen and oxygen atoms in total. The number of carbonyl (C=O) groups excluding carboxylic acids is 2. The van der Waals surface area contributed by atoms with Gasteiger partial charge in [0.1, 0.15) is 0 Å². The number of alkyl halides is 10. The first-order chi connectivity index (χ1) is 10.5. The third-order valence-corrected chi connectivity index (χ3v) is 2.46. The molecule has 0 rings (SSSR count). The quantitative estimate of drug-likeness (QED) is 0.527. The van der Waals surface area contributed by atoms with Crippen molar-refractivity contribution in [3.63, 3.8) is 0 Å². The monoisotopic (exact) mass is 380 g/mol. The Morgan fingerprint density at radius 3 is 1.04 bits per heavy atom. The van der Waals surface area contributed by atoms with Crippen LogP contribution >= 0.6 is 0 Å². The number of hydrogen-bond acceptors (Lipinski definition) is 2. The summed E-state index contributed by atoms with van der Waals surface area (Å²) in [5.41, 5.74) is 0. The minimum absolute atomic E-state index is 0.364. The van der Waals surface area contributed by atoms with Crippen molar-refractivity contribution in [1.29, 1.82) is 0 Å². The molecule has 0 saturated carbocycles. The van der Waals surface area contributed by atoms with Crippen LogP contribution in [0.4, 0.5) is 43.9 Å². The average Bonchev–Trinajstić information content (AvgIpc) is 2.39. The van der Waals surface area contributed by atoms with Crippen LogP contribution in [0.25, 0.3) is 0 Å². The van der Waals surface area contributed by atoms with E-state index in [1.165, 1.54) is 10.6 Å².